The summed E-state index contributed by atoms with van der Waals surface area (Å²) in [6, 6.07) is 13.6. The molecule has 7 heteroatoms. The summed E-state index contributed by atoms with van der Waals surface area (Å²) in [6.45, 7) is 7.26. The van der Waals surface area contributed by atoms with Gasteiger partial charge in [-0.3, -0.25) is 10.1 Å². The molecule has 0 radical (unpaired) electrons. The SMILES string of the molecule is CCCOC(=O)c1ccc(NC(=S)NC(=O)c2ccc(OCCC(C)C)cc2)cc1. The van der Waals surface area contributed by atoms with Gasteiger partial charge in [0, 0.05) is 11.3 Å². The van der Waals surface area contributed by atoms with E-state index in [9.17, 15) is 9.59 Å². The number of thiocarbonyl (C=S) groups is 1. The Hall–Kier alpha value is -2.93. The molecule has 2 aromatic carbocycles. The molecule has 160 valence electrons. The van der Waals surface area contributed by atoms with Gasteiger partial charge in [0.2, 0.25) is 0 Å². The lowest BCUT2D eigenvalue weighted by Crippen LogP contribution is -2.34. The van der Waals surface area contributed by atoms with Crippen molar-refractivity contribution in [3.63, 3.8) is 0 Å². The molecule has 0 fully saturated rings. The minimum absolute atomic E-state index is 0.165. The summed E-state index contributed by atoms with van der Waals surface area (Å²) in [7, 11) is 0. The van der Waals surface area contributed by atoms with Gasteiger partial charge in [-0.15, -0.1) is 0 Å². The smallest absolute Gasteiger partial charge is 0.338 e. The summed E-state index contributed by atoms with van der Waals surface area (Å²) < 4.78 is 10.7. The van der Waals surface area contributed by atoms with Crippen LogP contribution in [0.1, 0.15) is 54.3 Å². The maximum Gasteiger partial charge on any atom is 0.338 e. The first-order valence-corrected chi connectivity index (χ1v) is 10.4. The number of anilines is 1. The van der Waals surface area contributed by atoms with Crippen LogP contribution in [-0.2, 0) is 4.74 Å². The first-order valence-electron chi connectivity index (χ1n) is 10.0. The number of hydrogen-bond donors (Lipinski definition) is 2. The number of benzene rings is 2. The lowest BCUT2D eigenvalue weighted by molar-refractivity contribution is 0.0505. The van der Waals surface area contributed by atoms with Gasteiger partial charge < -0.3 is 14.8 Å². The molecular formula is C23H28N2O4S. The largest absolute Gasteiger partial charge is 0.494 e. The summed E-state index contributed by atoms with van der Waals surface area (Å²) in [5.41, 5.74) is 1.59. The summed E-state index contributed by atoms with van der Waals surface area (Å²) in [5, 5.41) is 5.73. The Balaban J connectivity index is 1.84. The fourth-order valence-corrected chi connectivity index (χ4v) is 2.63. The molecule has 0 aliphatic rings. The molecule has 0 atom stereocenters. The molecule has 0 saturated heterocycles. The molecule has 2 aromatic rings. The number of amides is 1. The average Bonchev–Trinajstić information content (AvgIpc) is 2.72. The molecule has 2 N–H and O–H groups in total. The summed E-state index contributed by atoms with van der Waals surface area (Å²) >= 11 is 5.20. The van der Waals surface area contributed by atoms with E-state index in [0.717, 1.165) is 18.6 Å². The van der Waals surface area contributed by atoms with Gasteiger partial charge in [-0.1, -0.05) is 20.8 Å². The minimum Gasteiger partial charge on any atom is -0.494 e. The highest BCUT2D eigenvalue weighted by atomic mass is 32.1. The van der Waals surface area contributed by atoms with Gasteiger partial charge >= 0.3 is 5.97 Å². The van der Waals surface area contributed by atoms with Crippen molar-refractivity contribution in [1.82, 2.24) is 5.32 Å². The van der Waals surface area contributed by atoms with E-state index < -0.39 is 0 Å². The monoisotopic (exact) mass is 428 g/mol. The predicted molar refractivity (Wildman–Crippen MR) is 122 cm³/mol. The molecule has 1 amide bonds. The van der Waals surface area contributed by atoms with Crippen LogP contribution in [0.25, 0.3) is 0 Å². The van der Waals surface area contributed by atoms with E-state index in [1.54, 1.807) is 48.5 Å². The van der Waals surface area contributed by atoms with Crippen LogP contribution in [0.4, 0.5) is 5.69 Å². The highest BCUT2D eigenvalue weighted by Crippen LogP contribution is 2.14. The average molecular weight is 429 g/mol. The van der Waals surface area contributed by atoms with Crippen molar-refractivity contribution in [2.45, 2.75) is 33.6 Å². The number of ether oxygens (including phenoxy) is 2. The third-order valence-corrected chi connectivity index (χ3v) is 4.33. The van der Waals surface area contributed by atoms with Gasteiger partial charge in [-0.2, -0.15) is 0 Å². The Morgan fingerprint density at radius 3 is 2.20 bits per heavy atom. The van der Waals surface area contributed by atoms with Crippen LogP contribution in [0.2, 0.25) is 0 Å². The van der Waals surface area contributed by atoms with Crippen molar-refractivity contribution in [3.05, 3.63) is 59.7 Å². The van der Waals surface area contributed by atoms with Gasteiger partial charge in [-0.05, 0) is 79.5 Å². The second-order valence-corrected chi connectivity index (χ2v) is 7.59. The van der Waals surface area contributed by atoms with Crippen LogP contribution in [0.5, 0.6) is 5.75 Å². The third-order valence-electron chi connectivity index (χ3n) is 4.12. The second-order valence-electron chi connectivity index (χ2n) is 7.18. The highest BCUT2D eigenvalue weighted by molar-refractivity contribution is 7.80. The van der Waals surface area contributed by atoms with Crippen LogP contribution in [0.3, 0.4) is 0 Å². The van der Waals surface area contributed by atoms with Crippen molar-refractivity contribution < 1.29 is 19.1 Å². The van der Waals surface area contributed by atoms with Gasteiger partial charge in [-0.25, -0.2) is 4.79 Å². The van der Waals surface area contributed by atoms with Crippen molar-refractivity contribution in [3.8, 4) is 5.75 Å². The van der Waals surface area contributed by atoms with E-state index in [4.69, 9.17) is 21.7 Å². The van der Waals surface area contributed by atoms with Crippen molar-refractivity contribution in [2.24, 2.45) is 5.92 Å². The Morgan fingerprint density at radius 1 is 0.967 bits per heavy atom. The van der Waals surface area contributed by atoms with Gasteiger partial charge in [0.15, 0.2) is 5.11 Å². The van der Waals surface area contributed by atoms with Crippen LogP contribution in [0.15, 0.2) is 48.5 Å². The number of carbonyl (C=O) groups excluding carboxylic acids is 2. The van der Waals surface area contributed by atoms with E-state index in [1.807, 2.05) is 6.92 Å². The zero-order valence-electron chi connectivity index (χ0n) is 17.6. The predicted octanol–water partition coefficient (Wildman–Crippen LogP) is 4.81. The minimum atomic E-state index is -0.365. The summed E-state index contributed by atoms with van der Waals surface area (Å²) in [6.07, 6.45) is 1.75. The third kappa shape index (κ3) is 7.83. The Bertz CT molecular complexity index is 849. The highest BCUT2D eigenvalue weighted by Gasteiger charge is 2.10. The second kappa shape index (κ2) is 11.9. The molecule has 0 saturated carbocycles. The van der Waals surface area contributed by atoms with Crippen molar-refractivity contribution in [2.75, 3.05) is 18.5 Å². The molecule has 0 bridgehead atoms. The van der Waals surface area contributed by atoms with Gasteiger partial charge in [0.1, 0.15) is 5.75 Å². The van der Waals surface area contributed by atoms with Crippen LogP contribution < -0.4 is 15.4 Å². The molecular weight excluding hydrogens is 400 g/mol. The maximum absolute atomic E-state index is 12.4. The topological polar surface area (TPSA) is 76.7 Å². The number of rotatable bonds is 9. The number of esters is 1. The van der Waals surface area contributed by atoms with E-state index in [-0.39, 0.29) is 17.0 Å². The van der Waals surface area contributed by atoms with Crippen LogP contribution in [0, 0.1) is 5.92 Å². The van der Waals surface area contributed by atoms with E-state index in [1.165, 1.54) is 0 Å². The lowest BCUT2D eigenvalue weighted by atomic mass is 10.1. The van der Waals surface area contributed by atoms with Gasteiger partial charge in [0.25, 0.3) is 5.91 Å². The fourth-order valence-electron chi connectivity index (χ4n) is 2.42. The van der Waals surface area contributed by atoms with E-state index in [2.05, 4.69) is 24.5 Å². The first-order chi connectivity index (χ1) is 14.4. The Kier molecular flexibility index (Phi) is 9.28. The first kappa shape index (κ1) is 23.3. The fraction of sp³-hybridized carbons (Fsp3) is 0.348. The molecule has 0 aliphatic heterocycles. The Morgan fingerprint density at radius 2 is 1.60 bits per heavy atom. The normalized spacial score (nSPS) is 10.4. The van der Waals surface area contributed by atoms with Crippen molar-refractivity contribution >= 4 is 34.9 Å². The maximum atomic E-state index is 12.4. The lowest BCUT2D eigenvalue weighted by Gasteiger charge is -2.11. The van der Waals surface area contributed by atoms with Crippen LogP contribution in [-0.4, -0.2) is 30.2 Å². The number of carbonyl (C=O) groups is 2. The van der Waals surface area contributed by atoms with Gasteiger partial charge in [0.05, 0.1) is 18.8 Å². The van der Waals surface area contributed by atoms with Crippen LogP contribution >= 0.6 is 12.2 Å². The zero-order chi connectivity index (χ0) is 21.9. The number of nitrogens with one attached hydrogen (secondary N) is 2. The number of hydrogen-bond acceptors (Lipinski definition) is 5. The molecule has 0 aliphatic carbocycles. The molecule has 30 heavy (non-hydrogen) atoms. The zero-order valence-corrected chi connectivity index (χ0v) is 18.4. The van der Waals surface area contributed by atoms with E-state index in [0.29, 0.717) is 35.9 Å². The van der Waals surface area contributed by atoms with E-state index >= 15 is 0 Å². The molecule has 0 spiro atoms. The van der Waals surface area contributed by atoms with Crippen molar-refractivity contribution in [1.29, 1.82) is 0 Å². The molecule has 2 rings (SSSR count). The standard InChI is InChI=1S/C23H28N2O4S/c1-4-14-29-22(27)18-5-9-19(10-6-18)24-23(30)25-21(26)17-7-11-20(12-8-17)28-15-13-16(2)3/h5-12,16H,4,13-15H2,1-3H3,(H2,24,25,26,30). The molecule has 6 nitrogen and oxygen atoms in total. The Labute approximate surface area is 183 Å². The molecule has 0 aromatic heterocycles. The summed E-state index contributed by atoms with van der Waals surface area (Å²) in [5.74, 6) is 0.622. The quantitative estimate of drug-likeness (QED) is 0.441. The molecule has 0 unspecified atom stereocenters. The summed E-state index contributed by atoms with van der Waals surface area (Å²) in [4.78, 5) is 24.2. The molecule has 0 heterocycles.